The molecule has 1 amide bonds. The first kappa shape index (κ1) is 22.8. The Labute approximate surface area is 200 Å². The van der Waals surface area contributed by atoms with Gasteiger partial charge < -0.3 is 9.80 Å². The second-order valence-corrected chi connectivity index (χ2v) is 12.1. The Morgan fingerprint density at radius 1 is 0.939 bits per heavy atom. The Kier molecular flexibility index (Phi) is 6.72. The van der Waals surface area contributed by atoms with Gasteiger partial charge in [-0.25, -0.2) is 13.4 Å². The maximum absolute atomic E-state index is 13.3. The van der Waals surface area contributed by atoms with Crippen LogP contribution >= 0.6 is 11.3 Å². The summed E-state index contributed by atoms with van der Waals surface area (Å²) in [7, 11) is -3.51. The topological polar surface area (TPSA) is 73.8 Å². The van der Waals surface area contributed by atoms with Crippen molar-refractivity contribution in [2.75, 3.05) is 44.2 Å². The van der Waals surface area contributed by atoms with Crippen LogP contribution in [0.15, 0.2) is 34.7 Å². The third-order valence-electron chi connectivity index (χ3n) is 7.26. The second kappa shape index (κ2) is 9.72. The van der Waals surface area contributed by atoms with Gasteiger partial charge in [-0.05, 0) is 68.2 Å². The third kappa shape index (κ3) is 4.81. The summed E-state index contributed by atoms with van der Waals surface area (Å²) in [6, 6.07) is 5.64. The molecular formula is C24H32N4O3S2. The molecule has 0 unspecified atom stereocenters. The molecule has 1 aromatic heterocycles. The smallest absolute Gasteiger partial charge is 0.243 e. The van der Waals surface area contributed by atoms with Crippen LogP contribution in [-0.4, -0.2) is 67.8 Å². The zero-order chi connectivity index (χ0) is 22.8. The number of amides is 1. The number of sulfonamides is 1. The molecule has 0 radical (unpaired) electrons. The van der Waals surface area contributed by atoms with Crippen LogP contribution in [0.2, 0.25) is 0 Å². The van der Waals surface area contributed by atoms with Gasteiger partial charge >= 0.3 is 0 Å². The molecule has 5 rings (SSSR count). The molecule has 2 aromatic rings. The molecule has 9 heteroatoms. The summed E-state index contributed by atoms with van der Waals surface area (Å²) in [5, 5.41) is 3.00. The highest BCUT2D eigenvalue weighted by Gasteiger charge is 2.34. The molecule has 0 N–H and O–H groups in total. The fourth-order valence-electron chi connectivity index (χ4n) is 5.32. The fourth-order valence-corrected chi connectivity index (χ4v) is 7.54. The number of hydrogen-bond donors (Lipinski definition) is 0. The van der Waals surface area contributed by atoms with Crippen molar-refractivity contribution in [1.29, 1.82) is 0 Å². The van der Waals surface area contributed by atoms with E-state index < -0.39 is 10.0 Å². The van der Waals surface area contributed by atoms with Gasteiger partial charge in [0.15, 0.2) is 5.13 Å². The Morgan fingerprint density at radius 3 is 2.48 bits per heavy atom. The predicted octanol–water partition coefficient (Wildman–Crippen LogP) is 3.16. The van der Waals surface area contributed by atoms with E-state index in [1.165, 1.54) is 17.5 Å². The Morgan fingerprint density at radius 2 is 1.73 bits per heavy atom. The highest BCUT2D eigenvalue weighted by molar-refractivity contribution is 7.89. The lowest BCUT2D eigenvalue weighted by atomic mass is 9.92. The highest BCUT2D eigenvalue weighted by Crippen LogP contribution is 2.29. The van der Waals surface area contributed by atoms with Gasteiger partial charge in [0.1, 0.15) is 0 Å². The summed E-state index contributed by atoms with van der Waals surface area (Å²) in [5.41, 5.74) is 2.47. The molecule has 3 aliphatic rings. The molecule has 2 fully saturated rings. The van der Waals surface area contributed by atoms with Crippen molar-refractivity contribution < 1.29 is 13.2 Å². The number of rotatable bonds is 4. The van der Waals surface area contributed by atoms with Crippen LogP contribution in [0.25, 0.3) is 0 Å². The number of nitrogens with zero attached hydrogens (tertiary/aromatic N) is 4. The molecule has 0 saturated carbocycles. The van der Waals surface area contributed by atoms with Gasteiger partial charge in [0, 0.05) is 56.8 Å². The minimum atomic E-state index is -3.51. The van der Waals surface area contributed by atoms with E-state index in [1.54, 1.807) is 21.7 Å². The molecule has 33 heavy (non-hydrogen) atoms. The van der Waals surface area contributed by atoms with Gasteiger partial charge in [0.25, 0.3) is 0 Å². The molecular weight excluding hydrogens is 456 g/mol. The second-order valence-electron chi connectivity index (χ2n) is 9.30. The van der Waals surface area contributed by atoms with Crippen LogP contribution in [0.3, 0.4) is 0 Å². The number of anilines is 1. The van der Waals surface area contributed by atoms with Gasteiger partial charge in [0.05, 0.1) is 4.90 Å². The number of piperidine rings is 1. The number of hydrogen-bond acceptors (Lipinski definition) is 6. The number of benzene rings is 1. The third-order valence-corrected chi connectivity index (χ3v) is 9.99. The molecule has 178 valence electrons. The minimum absolute atomic E-state index is 0.0913. The maximum atomic E-state index is 13.3. The average Bonchev–Trinajstić information content (AvgIpc) is 3.28. The minimum Gasteiger partial charge on any atom is -0.346 e. The summed E-state index contributed by atoms with van der Waals surface area (Å²) in [6.45, 7) is 3.99. The van der Waals surface area contributed by atoms with Gasteiger partial charge in [-0.2, -0.15) is 4.31 Å². The monoisotopic (exact) mass is 488 g/mol. The average molecular weight is 489 g/mol. The number of carbonyl (C=O) groups is 1. The van der Waals surface area contributed by atoms with Crippen molar-refractivity contribution >= 4 is 32.4 Å². The van der Waals surface area contributed by atoms with E-state index in [0.717, 1.165) is 50.4 Å². The zero-order valence-corrected chi connectivity index (χ0v) is 20.6. The number of thiazole rings is 1. The van der Waals surface area contributed by atoms with Gasteiger partial charge in [-0.15, -0.1) is 11.3 Å². The summed E-state index contributed by atoms with van der Waals surface area (Å²) in [6.07, 6.45) is 8.25. The van der Waals surface area contributed by atoms with Crippen LogP contribution in [-0.2, 0) is 27.7 Å². The molecule has 1 aromatic carbocycles. The van der Waals surface area contributed by atoms with E-state index in [1.807, 2.05) is 28.6 Å². The number of aryl methyl sites for hydroxylation is 2. The number of fused-ring (bicyclic) bond motifs is 1. The van der Waals surface area contributed by atoms with E-state index in [-0.39, 0.29) is 11.8 Å². The predicted molar refractivity (Wildman–Crippen MR) is 130 cm³/mol. The Hall–Kier alpha value is -1.97. The number of aromatic nitrogens is 1. The molecule has 1 aliphatic carbocycles. The lowest BCUT2D eigenvalue weighted by Gasteiger charge is -2.33. The Bertz CT molecular complexity index is 1080. The van der Waals surface area contributed by atoms with E-state index in [2.05, 4.69) is 9.88 Å². The van der Waals surface area contributed by atoms with Crippen LogP contribution in [0.4, 0.5) is 5.13 Å². The normalized spacial score (nSPS) is 21.0. The van der Waals surface area contributed by atoms with Crippen molar-refractivity contribution in [3.63, 3.8) is 0 Å². The molecule has 0 bridgehead atoms. The first-order valence-electron chi connectivity index (χ1n) is 12.1. The summed E-state index contributed by atoms with van der Waals surface area (Å²) < 4.78 is 28.1. The van der Waals surface area contributed by atoms with E-state index in [9.17, 15) is 13.2 Å². The maximum Gasteiger partial charge on any atom is 0.243 e. The van der Waals surface area contributed by atoms with Crippen LogP contribution in [0, 0.1) is 5.92 Å². The summed E-state index contributed by atoms with van der Waals surface area (Å²) in [4.78, 5) is 22.3. The van der Waals surface area contributed by atoms with Gasteiger partial charge in [-0.3, -0.25) is 4.79 Å². The van der Waals surface area contributed by atoms with Crippen LogP contribution < -0.4 is 4.90 Å². The highest BCUT2D eigenvalue weighted by atomic mass is 32.2. The SMILES string of the molecule is O=C(C1CCN(S(=O)(=O)c2ccc3c(c2)CCCC3)CC1)N1CCCN(c2nccs2)CC1. The lowest BCUT2D eigenvalue weighted by molar-refractivity contribution is -0.136. The summed E-state index contributed by atoms with van der Waals surface area (Å²) in [5.74, 6) is 0.0909. The largest absolute Gasteiger partial charge is 0.346 e. The van der Waals surface area contributed by atoms with Crippen LogP contribution in [0.5, 0.6) is 0 Å². The summed E-state index contributed by atoms with van der Waals surface area (Å²) >= 11 is 1.63. The van der Waals surface area contributed by atoms with Crippen molar-refractivity contribution in [2.24, 2.45) is 5.92 Å². The zero-order valence-electron chi connectivity index (χ0n) is 19.0. The quantitative estimate of drug-likeness (QED) is 0.661. The fraction of sp³-hybridized carbons (Fsp3) is 0.583. The Balaban J connectivity index is 1.19. The first-order chi connectivity index (χ1) is 16.0. The molecule has 0 spiro atoms. The van der Waals surface area contributed by atoms with Gasteiger partial charge in [0.2, 0.25) is 15.9 Å². The van der Waals surface area contributed by atoms with E-state index in [0.29, 0.717) is 37.4 Å². The standard InChI is InChI=1S/C24H32N4O3S2/c29-23(26-11-3-12-27(16-15-26)24-25-10-17-32-24)20-8-13-28(14-9-20)33(30,31)22-7-6-19-4-1-2-5-21(19)18-22/h6-7,10,17-18,20H,1-5,8-9,11-16H2. The van der Waals surface area contributed by atoms with Crippen molar-refractivity contribution in [2.45, 2.75) is 49.8 Å². The lowest BCUT2D eigenvalue weighted by Crippen LogP contribution is -2.45. The van der Waals surface area contributed by atoms with Crippen molar-refractivity contribution in [3.8, 4) is 0 Å². The molecule has 0 atom stereocenters. The number of carbonyl (C=O) groups excluding carboxylic acids is 1. The van der Waals surface area contributed by atoms with Gasteiger partial charge in [-0.1, -0.05) is 6.07 Å². The molecule has 7 nitrogen and oxygen atoms in total. The molecule has 3 heterocycles. The first-order valence-corrected chi connectivity index (χ1v) is 14.4. The van der Waals surface area contributed by atoms with E-state index >= 15 is 0 Å². The van der Waals surface area contributed by atoms with Crippen molar-refractivity contribution in [3.05, 3.63) is 40.9 Å². The van der Waals surface area contributed by atoms with Crippen molar-refractivity contribution in [1.82, 2.24) is 14.2 Å². The van der Waals surface area contributed by atoms with Crippen LogP contribution in [0.1, 0.15) is 43.2 Å². The molecule has 2 saturated heterocycles. The van der Waals surface area contributed by atoms with E-state index in [4.69, 9.17) is 0 Å². The molecule has 2 aliphatic heterocycles.